The predicted molar refractivity (Wildman–Crippen MR) is 73.4 cm³/mol. The molecule has 1 aromatic rings. The third-order valence-corrected chi connectivity index (χ3v) is 3.12. The summed E-state index contributed by atoms with van der Waals surface area (Å²) < 4.78 is 6.87. The van der Waals surface area contributed by atoms with Gasteiger partial charge in [-0.2, -0.15) is 0 Å². The van der Waals surface area contributed by atoms with E-state index in [1.165, 1.54) is 0 Å². The van der Waals surface area contributed by atoms with Crippen molar-refractivity contribution in [1.82, 2.24) is 5.32 Å². The van der Waals surface area contributed by atoms with Crippen molar-refractivity contribution in [3.8, 4) is 5.75 Å². The van der Waals surface area contributed by atoms with Crippen molar-refractivity contribution in [2.24, 2.45) is 0 Å². The highest BCUT2D eigenvalue weighted by atomic mass is 79.9. The van der Waals surface area contributed by atoms with Crippen LogP contribution in [-0.4, -0.2) is 24.4 Å². The molecular formula is C13H20BrNO2. The summed E-state index contributed by atoms with van der Waals surface area (Å²) >= 11 is 3.48. The maximum atomic E-state index is 9.50. The number of aliphatic hydroxyl groups is 1. The number of benzene rings is 1. The number of hydrogen-bond donors (Lipinski definition) is 2. The monoisotopic (exact) mass is 301 g/mol. The molecule has 0 fully saturated rings. The van der Waals surface area contributed by atoms with E-state index in [2.05, 4.69) is 21.2 Å². The Morgan fingerprint density at radius 2 is 2.06 bits per heavy atom. The molecule has 2 unspecified atom stereocenters. The van der Waals surface area contributed by atoms with Gasteiger partial charge in [-0.15, -0.1) is 0 Å². The Bertz CT molecular complexity index is 380. The van der Waals surface area contributed by atoms with Crippen LogP contribution in [0.2, 0.25) is 0 Å². The van der Waals surface area contributed by atoms with Gasteiger partial charge in [-0.3, -0.25) is 0 Å². The summed E-state index contributed by atoms with van der Waals surface area (Å²) in [7, 11) is 1.90. The van der Waals surface area contributed by atoms with Gasteiger partial charge in [-0.05, 0) is 45.5 Å². The number of halogens is 1. The van der Waals surface area contributed by atoms with E-state index in [-0.39, 0.29) is 6.10 Å². The molecule has 96 valence electrons. The highest BCUT2D eigenvalue weighted by Crippen LogP contribution is 2.29. The van der Waals surface area contributed by atoms with Gasteiger partial charge in [0.25, 0.3) is 0 Å². The first-order valence-corrected chi connectivity index (χ1v) is 6.53. The molecule has 3 nitrogen and oxygen atoms in total. The molecule has 0 aromatic heterocycles. The number of aliphatic hydroxyl groups excluding tert-OH is 1. The lowest BCUT2D eigenvalue weighted by atomic mass is 10.1. The zero-order valence-corrected chi connectivity index (χ0v) is 12.3. The summed E-state index contributed by atoms with van der Waals surface area (Å²) in [6.45, 7) is 6.35. The fourth-order valence-corrected chi connectivity index (χ4v) is 2.19. The summed E-state index contributed by atoms with van der Waals surface area (Å²) in [5, 5.41) is 12.6. The van der Waals surface area contributed by atoms with Gasteiger partial charge >= 0.3 is 0 Å². The second-order valence-electron chi connectivity index (χ2n) is 4.30. The fourth-order valence-electron chi connectivity index (χ4n) is 1.57. The molecule has 17 heavy (non-hydrogen) atoms. The molecule has 0 aliphatic rings. The van der Waals surface area contributed by atoms with Crippen molar-refractivity contribution >= 4 is 15.9 Å². The number of ether oxygens (including phenoxy) is 1. The highest BCUT2D eigenvalue weighted by Gasteiger charge is 2.15. The third kappa shape index (κ3) is 3.98. The first-order valence-electron chi connectivity index (χ1n) is 5.74. The molecule has 0 bridgehead atoms. The molecule has 0 saturated heterocycles. The van der Waals surface area contributed by atoms with Crippen LogP contribution in [0.4, 0.5) is 0 Å². The molecule has 2 N–H and O–H groups in total. The SMILES string of the molecule is CNCc1cc(Br)cc(C)c1OC(C)C(C)O. The van der Waals surface area contributed by atoms with Crippen molar-refractivity contribution in [1.29, 1.82) is 0 Å². The van der Waals surface area contributed by atoms with E-state index in [1.807, 2.05) is 33.0 Å². The lowest BCUT2D eigenvalue weighted by Crippen LogP contribution is -2.26. The van der Waals surface area contributed by atoms with Gasteiger partial charge in [0.2, 0.25) is 0 Å². The van der Waals surface area contributed by atoms with E-state index in [4.69, 9.17) is 4.74 Å². The quantitative estimate of drug-likeness (QED) is 0.878. The van der Waals surface area contributed by atoms with Gasteiger partial charge in [-0.1, -0.05) is 15.9 Å². The van der Waals surface area contributed by atoms with Crippen LogP contribution in [0.25, 0.3) is 0 Å². The second kappa shape index (κ2) is 6.38. The molecule has 0 aliphatic heterocycles. The largest absolute Gasteiger partial charge is 0.487 e. The summed E-state index contributed by atoms with van der Waals surface area (Å²) in [6, 6.07) is 4.05. The zero-order chi connectivity index (χ0) is 13.0. The van der Waals surface area contributed by atoms with Crippen molar-refractivity contribution in [3.05, 3.63) is 27.7 Å². The van der Waals surface area contributed by atoms with Crippen LogP contribution in [0.3, 0.4) is 0 Å². The average Bonchev–Trinajstić information content (AvgIpc) is 2.23. The Balaban J connectivity index is 3.03. The van der Waals surface area contributed by atoms with Crippen LogP contribution in [0.15, 0.2) is 16.6 Å². The Labute approximate surface area is 111 Å². The van der Waals surface area contributed by atoms with Crippen molar-refractivity contribution in [3.63, 3.8) is 0 Å². The van der Waals surface area contributed by atoms with Crippen LogP contribution in [0.5, 0.6) is 5.75 Å². The molecule has 4 heteroatoms. The summed E-state index contributed by atoms with van der Waals surface area (Å²) in [4.78, 5) is 0. The molecular weight excluding hydrogens is 282 g/mol. The lowest BCUT2D eigenvalue weighted by molar-refractivity contribution is 0.0593. The molecule has 0 heterocycles. The minimum absolute atomic E-state index is 0.217. The van der Waals surface area contributed by atoms with E-state index in [1.54, 1.807) is 6.92 Å². The number of aryl methyl sites for hydroxylation is 1. The van der Waals surface area contributed by atoms with Gasteiger partial charge in [0.1, 0.15) is 11.9 Å². The van der Waals surface area contributed by atoms with Crippen molar-refractivity contribution in [2.45, 2.75) is 39.5 Å². The third-order valence-electron chi connectivity index (χ3n) is 2.67. The van der Waals surface area contributed by atoms with Gasteiger partial charge in [0.15, 0.2) is 0 Å². The maximum Gasteiger partial charge on any atom is 0.127 e. The number of nitrogens with one attached hydrogen (secondary N) is 1. The van der Waals surface area contributed by atoms with E-state index >= 15 is 0 Å². The predicted octanol–water partition coefficient (Wildman–Crippen LogP) is 2.63. The molecule has 0 aliphatic carbocycles. The summed E-state index contributed by atoms with van der Waals surface area (Å²) in [6.07, 6.45) is -0.703. The molecule has 0 amide bonds. The molecule has 0 saturated carbocycles. The van der Waals surface area contributed by atoms with E-state index < -0.39 is 6.10 Å². The Kier molecular flexibility index (Phi) is 5.43. The van der Waals surface area contributed by atoms with Crippen LogP contribution in [-0.2, 0) is 6.54 Å². The zero-order valence-electron chi connectivity index (χ0n) is 10.7. The van der Waals surface area contributed by atoms with Crippen LogP contribution >= 0.6 is 15.9 Å². The molecule has 1 aromatic carbocycles. The van der Waals surface area contributed by atoms with Crippen molar-refractivity contribution < 1.29 is 9.84 Å². The Morgan fingerprint density at radius 3 is 2.59 bits per heavy atom. The van der Waals surface area contributed by atoms with Crippen LogP contribution < -0.4 is 10.1 Å². The first-order chi connectivity index (χ1) is 7.95. The van der Waals surface area contributed by atoms with Gasteiger partial charge < -0.3 is 15.2 Å². The fraction of sp³-hybridized carbons (Fsp3) is 0.538. The van der Waals surface area contributed by atoms with E-state index in [0.29, 0.717) is 0 Å². The smallest absolute Gasteiger partial charge is 0.127 e. The maximum absolute atomic E-state index is 9.50. The van der Waals surface area contributed by atoms with Gasteiger partial charge in [0, 0.05) is 16.6 Å². The normalized spacial score (nSPS) is 14.5. The number of rotatable bonds is 5. The standard InChI is InChI=1S/C13H20BrNO2/c1-8-5-12(14)6-11(7-15-4)13(8)17-10(3)9(2)16/h5-6,9-10,15-16H,7H2,1-4H3. The van der Waals surface area contributed by atoms with Gasteiger partial charge in [-0.25, -0.2) is 0 Å². The molecule has 0 spiro atoms. The van der Waals surface area contributed by atoms with Gasteiger partial charge in [0.05, 0.1) is 6.10 Å². The first kappa shape index (κ1) is 14.5. The molecule has 1 rings (SSSR count). The van der Waals surface area contributed by atoms with E-state index in [9.17, 15) is 5.11 Å². The number of hydrogen-bond acceptors (Lipinski definition) is 3. The Hall–Kier alpha value is -0.580. The summed E-state index contributed by atoms with van der Waals surface area (Å²) in [5.74, 6) is 0.857. The topological polar surface area (TPSA) is 41.5 Å². The molecule has 2 atom stereocenters. The van der Waals surface area contributed by atoms with Crippen LogP contribution in [0.1, 0.15) is 25.0 Å². The van der Waals surface area contributed by atoms with Crippen LogP contribution in [0, 0.1) is 6.92 Å². The Morgan fingerprint density at radius 1 is 1.41 bits per heavy atom. The molecule has 0 radical (unpaired) electrons. The van der Waals surface area contributed by atoms with E-state index in [0.717, 1.165) is 27.9 Å². The highest BCUT2D eigenvalue weighted by molar-refractivity contribution is 9.10. The minimum atomic E-state index is -0.486. The summed E-state index contributed by atoms with van der Waals surface area (Å²) in [5.41, 5.74) is 2.16. The second-order valence-corrected chi connectivity index (χ2v) is 5.22. The van der Waals surface area contributed by atoms with Crippen molar-refractivity contribution in [2.75, 3.05) is 7.05 Å². The minimum Gasteiger partial charge on any atom is -0.487 e. The average molecular weight is 302 g/mol. The lowest BCUT2D eigenvalue weighted by Gasteiger charge is -2.21.